The molecule has 0 amide bonds. The van der Waals surface area contributed by atoms with Crippen LogP contribution >= 0.6 is 12.2 Å². The molecule has 0 atom stereocenters. The number of ether oxygens (including phenoxy) is 2. The highest BCUT2D eigenvalue weighted by molar-refractivity contribution is 7.80. The number of nitrogens with zero attached hydrogens (tertiary/aromatic N) is 1. The molecule has 19 heavy (non-hydrogen) atoms. The third-order valence-electron chi connectivity index (χ3n) is 2.86. The van der Waals surface area contributed by atoms with E-state index in [1.807, 2.05) is 24.3 Å². The fourth-order valence-corrected chi connectivity index (χ4v) is 1.94. The van der Waals surface area contributed by atoms with Gasteiger partial charge in [-0.05, 0) is 30.7 Å². The maximum absolute atomic E-state index is 5.60. The van der Waals surface area contributed by atoms with Crippen molar-refractivity contribution >= 4 is 22.9 Å². The van der Waals surface area contributed by atoms with Crippen LogP contribution in [0.25, 0.3) is 0 Å². The molecule has 0 unspecified atom stereocenters. The van der Waals surface area contributed by atoms with Crippen LogP contribution in [0.2, 0.25) is 0 Å². The molecule has 5 heteroatoms. The highest BCUT2D eigenvalue weighted by Gasteiger charge is 2.06. The number of benzene rings is 1. The van der Waals surface area contributed by atoms with Crippen molar-refractivity contribution in [2.45, 2.75) is 6.42 Å². The van der Waals surface area contributed by atoms with Gasteiger partial charge in [-0.25, -0.2) is 0 Å². The summed E-state index contributed by atoms with van der Waals surface area (Å²) in [6, 6.07) is 7.98. The van der Waals surface area contributed by atoms with Crippen molar-refractivity contribution < 1.29 is 9.47 Å². The number of hydrogen-bond acceptors (Lipinski definition) is 4. The van der Waals surface area contributed by atoms with E-state index < -0.39 is 0 Å². The molecular formula is C14H22N2O2S. The lowest BCUT2D eigenvalue weighted by Crippen LogP contribution is -2.29. The number of anilines is 1. The van der Waals surface area contributed by atoms with Crippen LogP contribution in [0.5, 0.6) is 0 Å². The predicted octanol–water partition coefficient (Wildman–Crippen LogP) is 1.81. The third-order valence-corrected chi connectivity index (χ3v) is 3.09. The number of hydrogen-bond donors (Lipinski definition) is 1. The van der Waals surface area contributed by atoms with Gasteiger partial charge in [0.2, 0.25) is 0 Å². The molecule has 0 aliphatic carbocycles. The van der Waals surface area contributed by atoms with Gasteiger partial charge in [0.1, 0.15) is 4.99 Å². The van der Waals surface area contributed by atoms with E-state index in [1.165, 1.54) is 0 Å². The van der Waals surface area contributed by atoms with Crippen molar-refractivity contribution in [3.63, 3.8) is 0 Å². The Bertz CT molecular complexity index is 382. The predicted molar refractivity (Wildman–Crippen MR) is 82.9 cm³/mol. The summed E-state index contributed by atoms with van der Waals surface area (Å²) >= 11 is 4.95. The Kier molecular flexibility index (Phi) is 7.40. The van der Waals surface area contributed by atoms with E-state index in [9.17, 15) is 0 Å². The summed E-state index contributed by atoms with van der Waals surface area (Å²) in [7, 11) is 3.43. The lowest BCUT2D eigenvalue weighted by Gasteiger charge is -2.24. The van der Waals surface area contributed by atoms with Crippen LogP contribution in [-0.2, 0) is 9.47 Å². The van der Waals surface area contributed by atoms with Gasteiger partial charge in [-0.15, -0.1) is 0 Å². The van der Waals surface area contributed by atoms with E-state index >= 15 is 0 Å². The van der Waals surface area contributed by atoms with Crippen molar-refractivity contribution in [2.75, 3.05) is 45.4 Å². The van der Waals surface area contributed by atoms with Crippen molar-refractivity contribution in [1.82, 2.24) is 0 Å². The van der Waals surface area contributed by atoms with Crippen molar-refractivity contribution in [3.05, 3.63) is 29.8 Å². The Morgan fingerprint density at radius 3 is 2.26 bits per heavy atom. The van der Waals surface area contributed by atoms with Crippen molar-refractivity contribution in [3.8, 4) is 0 Å². The molecule has 0 aliphatic rings. The molecular weight excluding hydrogens is 260 g/mol. The van der Waals surface area contributed by atoms with E-state index in [4.69, 9.17) is 27.4 Å². The maximum Gasteiger partial charge on any atom is 0.103 e. The number of thiocarbonyl (C=S) groups is 1. The molecule has 2 N–H and O–H groups in total. The number of methoxy groups -OCH3 is 2. The summed E-state index contributed by atoms with van der Waals surface area (Å²) in [5.41, 5.74) is 7.64. The van der Waals surface area contributed by atoms with Crippen LogP contribution in [0.15, 0.2) is 24.3 Å². The summed E-state index contributed by atoms with van der Waals surface area (Å²) in [5, 5.41) is 0. The van der Waals surface area contributed by atoms with Gasteiger partial charge in [0.15, 0.2) is 0 Å². The minimum atomic E-state index is 0.425. The molecule has 0 spiro atoms. The quantitative estimate of drug-likeness (QED) is 0.553. The minimum Gasteiger partial charge on any atom is -0.389 e. The SMILES string of the molecule is COCCCN(CCOC)c1ccc(C(N)=S)cc1. The largest absolute Gasteiger partial charge is 0.389 e. The van der Waals surface area contributed by atoms with Gasteiger partial charge in [-0.3, -0.25) is 0 Å². The van der Waals surface area contributed by atoms with Crippen LogP contribution in [0.3, 0.4) is 0 Å². The van der Waals surface area contributed by atoms with Crippen LogP contribution in [0.1, 0.15) is 12.0 Å². The molecule has 4 nitrogen and oxygen atoms in total. The highest BCUT2D eigenvalue weighted by Crippen LogP contribution is 2.15. The van der Waals surface area contributed by atoms with Gasteiger partial charge in [-0.2, -0.15) is 0 Å². The lowest BCUT2D eigenvalue weighted by atomic mass is 10.2. The first-order valence-electron chi connectivity index (χ1n) is 6.31. The molecule has 0 bridgehead atoms. The van der Waals surface area contributed by atoms with Gasteiger partial charge < -0.3 is 20.1 Å². The van der Waals surface area contributed by atoms with Crippen LogP contribution in [0, 0.1) is 0 Å². The summed E-state index contributed by atoms with van der Waals surface area (Å²) in [6.45, 7) is 3.24. The minimum absolute atomic E-state index is 0.425. The summed E-state index contributed by atoms with van der Waals surface area (Å²) < 4.78 is 10.2. The fraction of sp³-hybridized carbons (Fsp3) is 0.500. The monoisotopic (exact) mass is 282 g/mol. The molecule has 0 aliphatic heterocycles. The standard InChI is InChI=1S/C14H22N2O2S/c1-17-10-3-8-16(9-11-18-2)13-6-4-12(5-7-13)14(15)19/h4-7H,3,8-11H2,1-2H3,(H2,15,19). The van der Waals surface area contributed by atoms with Crippen LogP contribution in [0.4, 0.5) is 5.69 Å². The van der Waals surface area contributed by atoms with E-state index in [2.05, 4.69) is 4.90 Å². The Balaban J connectivity index is 2.68. The lowest BCUT2D eigenvalue weighted by molar-refractivity contribution is 0.191. The second-order valence-corrected chi connectivity index (χ2v) is 4.68. The molecule has 0 saturated carbocycles. The zero-order chi connectivity index (χ0) is 14.1. The number of rotatable bonds is 9. The van der Waals surface area contributed by atoms with Gasteiger partial charge >= 0.3 is 0 Å². The van der Waals surface area contributed by atoms with Crippen LogP contribution < -0.4 is 10.6 Å². The molecule has 0 saturated heterocycles. The fourth-order valence-electron chi connectivity index (χ4n) is 1.81. The van der Waals surface area contributed by atoms with E-state index in [0.29, 0.717) is 11.6 Å². The summed E-state index contributed by atoms with van der Waals surface area (Å²) in [5.74, 6) is 0. The first-order valence-corrected chi connectivity index (χ1v) is 6.72. The average Bonchev–Trinajstić information content (AvgIpc) is 2.43. The molecule has 1 rings (SSSR count). The first kappa shape index (κ1) is 15.9. The molecule has 1 aromatic carbocycles. The van der Waals surface area contributed by atoms with Gasteiger partial charge in [0.05, 0.1) is 6.61 Å². The Morgan fingerprint density at radius 2 is 1.74 bits per heavy atom. The molecule has 106 valence electrons. The van der Waals surface area contributed by atoms with Gasteiger partial charge in [0.25, 0.3) is 0 Å². The normalized spacial score (nSPS) is 10.4. The van der Waals surface area contributed by atoms with Gasteiger partial charge in [-0.1, -0.05) is 12.2 Å². The maximum atomic E-state index is 5.60. The van der Waals surface area contributed by atoms with Gasteiger partial charge in [0, 0.05) is 45.2 Å². The smallest absolute Gasteiger partial charge is 0.103 e. The molecule has 0 fully saturated rings. The zero-order valence-electron chi connectivity index (χ0n) is 11.6. The van der Waals surface area contributed by atoms with Crippen molar-refractivity contribution in [2.24, 2.45) is 5.73 Å². The van der Waals surface area contributed by atoms with Crippen LogP contribution in [-0.4, -0.2) is 45.5 Å². The topological polar surface area (TPSA) is 47.7 Å². The first-order chi connectivity index (χ1) is 9.19. The second kappa shape index (κ2) is 8.85. The summed E-state index contributed by atoms with van der Waals surface area (Å²) in [4.78, 5) is 2.70. The summed E-state index contributed by atoms with van der Waals surface area (Å²) in [6.07, 6.45) is 0.983. The Hall–Kier alpha value is -1.17. The zero-order valence-corrected chi connectivity index (χ0v) is 12.4. The third kappa shape index (κ3) is 5.55. The molecule has 0 aromatic heterocycles. The van der Waals surface area contributed by atoms with E-state index in [-0.39, 0.29) is 0 Å². The average molecular weight is 282 g/mol. The molecule has 0 heterocycles. The molecule has 0 radical (unpaired) electrons. The van der Waals surface area contributed by atoms with E-state index in [1.54, 1.807) is 14.2 Å². The molecule has 1 aromatic rings. The van der Waals surface area contributed by atoms with Crippen molar-refractivity contribution in [1.29, 1.82) is 0 Å². The second-order valence-electron chi connectivity index (χ2n) is 4.24. The Labute approximate surface area is 120 Å². The Morgan fingerprint density at radius 1 is 1.11 bits per heavy atom. The number of nitrogens with two attached hydrogens (primary N) is 1. The van der Waals surface area contributed by atoms with E-state index in [0.717, 1.165) is 37.4 Å². The highest BCUT2D eigenvalue weighted by atomic mass is 32.1.